The average Bonchev–Trinajstić information content (AvgIpc) is 3.26. The minimum absolute atomic E-state index is 0.0346. The van der Waals surface area contributed by atoms with Crippen LogP contribution in [-0.2, 0) is 28.9 Å². The van der Waals surface area contributed by atoms with Gasteiger partial charge in [0, 0.05) is 37.2 Å². The molecule has 1 amide bonds. The van der Waals surface area contributed by atoms with E-state index in [2.05, 4.69) is 48.5 Å². The fourth-order valence-electron chi connectivity index (χ4n) is 5.43. The number of aryl methyl sites for hydroxylation is 1. The minimum atomic E-state index is -0.423. The number of carbonyl (C=O) groups excluding carboxylic acids is 2. The van der Waals surface area contributed by atoms with E-state index in [1.807, 2.05) is 36.0 Å². The summed E-state index contributed by atoms with van der Waals surface area (Å²) in [5, 5.41) is 0. The number of anilines is 1. The number of allylic oxidation sites excluding steroid dienone is 1. The van der Waals surface area contributed by atoms with Crippen LogP contribution in [0.4, 0.5) is 5.69 Å². The Morgan fingerprint density at radius 2 is 1.73 bits per heavy atom. The Kier molecular flexibility index (Phi) is 7.80. The highest BCUT2D eigenvalue weighted by molar-refractivity contribution is 7.99. The van der Waals surface area contributed by atoms with E-state index in [-0.39, 0.29) is 18.1 Å². The van der Waals surface area contributed by atoms with E-state index in [9.17, 15) is 9.59 Å². The zero-order valence-corrected chi connectivity index (χ0v) is 22.4. The highest BCUT2D eigenvalue weighted by Gasteiger charge is 2.29. The quantitative estimate of drug-likeness (QED) is 0.422. The lowest BCUT2D eigenvalue weighted by Crippen LogP contribution is -2.35. The molecule has 0 unspecified atom stereocenters. The molecule has 190 valence electrons. The van der Waals surface area contributed by atoms with Gasteiger partial charge in [-0.3, -0.25) is 9.59 Å². The third kappa shape index (κ3) is 5.83. The van der Waals surface area contributed by atoms with Crippen molar-refractivity contribution in [2.24, 2.45) is 5.92 Å². The maximum Gasteiger partial charge on any atom is 0.230 e. The van der Waals surface area contributed by atoms with Crippen LogP contribution in [0.1, 0.15) is 35.1 Å². The van der Waals surface area contributed by atoms with Gasteiger partial charge in [-0.05, 0) is 77.1 Å². The van der Waals surface area contributed by atoms with Crippen molar-refractivity contribution in [3.8, 4) is 5.75 Å². The zero-order chi connectivity index (χ0) is 25.8. The van der Waals surface area contributed by atoms with E-state index >= 15 is 0 Å². The number of rotatable bonds is 3. The van der Waals surface area contributed by atoms with Crippen molar-refractivity contribution in [1.29, 1.82) is 0 Å². The van der Waals surface area contributed by atoms with Crippen molar-refractivity contribution < 1.29 is 14.3 Å². The molecule has 0 spiro atoms. The normalized spacial score (nSPS) is 18.0. The Bertz CT molecular complexity index is 1330. The molecule has 2 aliphatic rings. The summed E-state index contributed by atoms with van der Waals surface area (Å²) in [5.74, 6) is 2.39. The second-order valence-corrected chi connectivity index (χ2v) is 11.1. The molecule has 1 aliphatic heterocycles. The van der Waals surface area contributed by atoms with Crippen molar-refractivity contribution in [2.45, 2.75) is 32.1 Å². The van der Waals surface area contributed by atoms with Crippen molar-refractivity contribution in [1.82, 2.24) is 0 Å². The first kappa shape index (κ1) is 25.3. The number of hydrogen-bond donors (Lipinski definition) is 0. The van der Waals surface area contributed by atoms with Crippen LogP contribution in [0.25, 0.3) is 5.57 Å². The molecule has 3 aromatic carbocycles. The smallest absolute Gasteiger partial charge is 0.230 e. The first-order valence-corrected chi connectivity index (χ1v) is 14.1. The predicted octanol–water partition coefficient (Wildman–Crippen LogP) is 6.17. The van der Waals surface area contributed by atoms with E-state index < -0.39 is 5.92 Å². The number of fused-ring (bicyclic) bond motifs is 4. The largest absolute Gasteiger partial charge is 0.497 e. The molecule has 0 aromatic heterocycles. The fraction of sp³-hybridized carbons (Fsp3) is 0.312. The van der Waals surface area contributed by atoms with Crippen LogP contribution in [0, 0.1) is 5.92 Å². The monoisotopic (exact) mass is 511 g/mol. The fourth-order valence-corrected chi connectivity index (χ4v) is 6.48. The maximum atomic E-state index is 13.8. The predicted molar refractivity (Wildman–Crippen MR) is 152 cm³/mol. The summed E-state index contributed by atoms with van der Waals surface area (Å²) < 4.78 is 5.27. The van der Waals surface area contributed by atoms with Crippen molar-refractivity contribution in [3.63, 3.8) is 0 Å². The lowest BCUT2D eigenvalue weighted by atomic mass is 9.89. The number of benzene rings is 3. The molecule has 1 atom stereocenters. The van der Waals surface area contributed by atoms with Gasteiger partial charge in [0.05, 0.1) is 7.11 Å². The Hall–Kier alpha value is -3.31. The summed E-state index contributed by atoms with van der Waals surface area (Å²) >= 11 is 1.95. The first-order chi connectivity index (χ1) is 18.0. The topological polar surface area (TPSA) is 46.6 Å². The number of ketones is 1. The summed E-state index contributed by atoms with van der Waals surface area (Å²) in [6.45, 7) is 0. The Morgan fingerprint density at radius 1 is 0.946 bits per heavy atom. The minimum Gasteiger partial charge on any atom is -0.497 e. The van der Waals surface area contributed by atoms with E-state index in [4.69, 9.17) is 4.74 Å². The molecular formula is C32H33NO3S. The number of methoxy groups -OCH3 is 1. The number of Topliss-reactive ketones (excluding diaryl/α,β-unsaturated/α-hetero) is 1. The summed E-state index contributed by atoms with van der Waals surface area (Å²) in [7, 11) is 3.42. The second kappa shape index (κ2) is 11.4. The van der Waals surface area contributed by atoms with Gasteiger partial charge in [0.15, 0.2) is 0 Å². The molecule has 0 radical (unpaired) electrons. The molecule has 2 bridgehead atoms. The standard InChI is InChI=1S/C32H33NO3S/c1-33(27-10-12-29(36-2)13-11-27)32(35)25-17-23-7-5-6-22(16-23)14-15-37-21-26-18-24-8-3-4-9-30(24)31(26)20-28(34)19-25/h3-13,16,25H,14-15,17-21H2,1-2H3/t25-/m1/s1. The molecule has 1 aliphatic carbocycles. The number of amides is 1. The van der Waals surface area contributed by atoms with Crippen molar-refractivity contribution in [2.75, 3.05) is 30.6 Å². The van der Waals surface area contributed by atoms with Crippen LogP contribution in [0.5, 0.6) is 5.75 Å². The van der Waals surface area contributed by atoms with E-state index in [0.29, 0.717) is 12.8 Å². The molecule has 4 nitrogen and oxygen atoms in total. The highest BCUT2D eigenvalue weighted by Crippen LogP contribution is 2.37. The van der Waals surface area contributed by atoms with Gasteiger partial charge in [0.25, 0.3) is 0 Å². The molecule has 3 aromatic rings. The maximum absolute atomic E-state index is 13.8. The molecule has 0 saturated carbocycles. The summed E-state index contributed by atoms with van der Waals surface area (Å²) in [5.41, 5.74) is 8.25. The van der Waals surface area contributed by atoms with Crippen LogP contribution < -0.4 is 9.64 Å². The Labute approximate surface area is 223 Å². The molecule has 37 heavy (non-hydrogen) atoms. The molecule has 0 saturated heterocycles. The van der Waals surface area contributed by atoms with Gasteiger partial charge in [0.2, 0.25) is 5.91 Å². The summed E-state index contributed by atoms with van der Waals surface area (Å²) in [6.07, 6.45) is 3.09. The van der Waals surface area contributed by atoms with Gasteiger partial charge in [0.1, 0.15) is 11.5 Å². The van der Waals surface area contributed by atoms with Crippen LogP contribution in [0.2, 0.25) is 0 Å². The SMILES string of the molecule is COc1ccc(N(C)C(=O)[C@H]2CC(=O)CC3=C(CSCCc4cccc(c4)C2)Cc2ccccc23)cc1. The average molecular weight is 512 g/mol. The molecule has 0 fully saturated rings. The summed E-state index contributed by atoms with van der Waals surface area (Å²) in [6, 6.07) is 24.4. The summed E-state index contributed by atoms with van der Waals surface area (Å²) in [4.78, 5) is 29.0. The van der Waals surface area contributed by atoms with Crippen molar-refractivity contribution >= 4 is 34.7 Å². The molecule has 5 rings (SSSR count). The number of carbonyl (C=O) groups is 2. The van der Waals surface area contributed by atoms with Gasteiger partial charge in [-0.15, -0.1) is 0 Å². The number of ether oxygens (including phenoxy) is 1. The first-order valence-electron chi connectivity index (χ1n) is 12.9. The third-order valence-corrected chi connectivity index (χ3v) is 8.49. The van der Waals surface area contributed by atoms with Gasteiger partial charge in [-0.25, -0.2) is 0 Å². The van der Waals surface area contributed by atoms with E-state index in [1.165, 1.54) is 27.8 Å². The third-order valence-electron chi connectivity index (χ3n) is 7.45. The van der Waals surface area contributed by atoms with Gasteiger partial charge in [-0.1, -0.05) is 54.1 Å². The zero-order valence-electron chi connectivity index (χ0n) is 21.5. The van der Waals surface area contributed by atoms with Gasteiger partial charge in [-0.2, -0.15) is 11.8 Å². The molecule has 0 N–H and O–H groups in total. The van der Waals surface area contributed by atoms with Crippen LogP contribution in [0.15, 0.2) is 78.4 Å². The highest BCUT2D eigenvalue weighted by atomic mass is 32.2. The number of nitrogens with zero attached hydrogens (tertiary/aromatic N) is 1. The van der Waals surface area contributed by atoms with Crippen LogP contribution in [0.3, 0.4) is 0 Å². The van der Waals surface area contributed by atoms with E-state index in [0.717, 1.165) is 41.3 Å². The lowest BCUT2D eigenvalue weighted by molar-refractivity contribution is -0.127. The Morgan fingerprint density at radius 3 is 2.54 bits per heavy atom. The van der Waals surface area contributed by atoms with E-state index in [1.54, 1.807) is 19.1 Å². The number of thioether (sulfide) groups is 1. The molecular weight excluding hydrogens is 478 g/mol. The van der Waals surface area contributed by atoms with Gasteiger partial charge < -0.3 is 9.64 Å². The van der Waals surface area contributed by atoms with Gasteiger partial charge >= 0.3 is 0 Å². The number of hydrogen-bond acceptors (Lipinski definition) is 4. The second-order valence-electron chi connectivity index (χ2n) is 9.95. The van der Waals surface area contributed by atoms with Crippen LogP contribution >= 0.6 is 11.8 Å². The molecule has 5 heteroatoms. The van der Waals surface area contributed by atoms with Crippen LogP contribution in [-0.4, -0.2) is 37.4 Å². The lowest BCUT2D eigenvalue weighted by Gasteiger charge is -2.24. The molecule has 1 heterocycles. The van der Waals surface area contributed by atoms with Crippen molar-refractivity contribution in [3.05, 3.63) is 101 Å². The Balaban J connectivity index is 1.44.